The first-order chi connectivity index (χ1) is 15.2. The molecule has 1 saturated carbocycles. The van der Waals surface area contributed by atoms with Gasteiger partial charge >= 0.3 is 0 Å². The highest BCUT2D eigenvalue weighted by Crippen LogP contribution is 2.38. The molecular formula is C23H26ClN3O4S. The van der Waals surface area contributed by atoms with E-state index in [4.69, 9.17) is 11.6 Å². The molecule has 2 amide bonds. The molecule has 1 fully saturated rings. The molecule has 0 bridgehead atoms. The molecule has 0 saturated heterocycles. The Morgan fingerprint density at radius 1 is 1.16 bits per heavy atom. The van der Waals surface area contributed by atoms with E-state index in [0.717, 1.165) is 34.8 Å². The molecule has 1 N–H and O–H groups in total. The maximum Gasteiger partial charge on any atom is 0.243 e. The molecule has 0 radical (unpaired) electrons. The van der Waals surface area contributed by atoms with Crippen LogP contribution in [-0.2, 0) is 26.0 Å². The third-order valence-corrected chi connectivity index (χ3v) is 8.21. The zero-order valence-electron chi connectivity index (χ0n) is 18.0. The first-order valence-corrected chi connectivity index (χ1v) is 12.5. The van der Waals surface area contributed by atoms with E-state index < -0.39 is 15.9 Å². The van der Waals surface area contributed by atoms with Crippen molar-refractivity contribution in [3.05, 3.63) is 53.1 Å². The lowest BCUT2D eigenvalue weighted by molar-refractivity contribution is -0.125. The molecule has 1 atom stereocenters. The molecule has 0 unspecified atom stereocenters. The first kappa shape index (κ1) is 22.8. The second-order valence-electron chi connectivity index (χ2n) is 8.50. The number of carbonyl (C=O) groups excluding carboxylic acids is 2. The Balaban J connectivity index is 1.48. The summed E-state index contributed by atoms with van der Waals surface area (Å²) < 4.78 is 27.2. The van der Waals surface area contributed by atoms with Crippen LogP contribution in [0.2, 0.25) is 5.02 Å². The second kappa shape index (κ2) is 8.84. The molecule has 1 aliphatic carbocycles. The quantitative estimate of drug-likeness (QED) is 0.690. The Kier molecular flexibility index (Phi) is 6.29. The van der Waals surface area contributed by atoms with Crippen LogP contribution < -0.4 is 10.2 Å². The van der Waals surface area contributed by atoms with Crippen LogP contribution in [0.25, 0.3) is 0 Å². The number of hydrogen-bond donors (Lipinski definition) is 1. The van der Waals surface area contributed by atoms with Gasteiger partial charge in [-0.3, -0.25) is 9.59 Å². The molecule has 1 aliphatic heterocycles. The number of halogens is 1. The lowest BCUT2D eigenvalue weighted by Crippen LogP contribution is -2.42. The van der Waals surface area contributed by atoms with E-state index in [2.05, 4.69) is 5.32 Å². The lowest BCUT2D eigenvalue weighted by atomic mass is 9.84. The van der Waals surface area contributed by atoms with Gasteiger partial charge in [0.15, 0.2) is 0 Å². The smallest absolute Gasteiger partial charge is 0.243 e. The largest absolute Gasteiger partial charge is 0.325 e. The van der Waals surface area contributed by atoms with Crippen LogP contribution in [0.15, 0.2) is 47.4 Å². The van der Waals surface area contributed by atoms with Crippen molar-refractivity contribution in [2.75, 3.05) is 23.8 Å². The van der Waals surface area contributed by atoms with Gasteiger partial charge in [0.1, 0.15) is 0 Å². The molecule has 32 heavy (non-hydrogen) atoms. The summed E-state index contributed by atoms with van der Waals surface area (Å²) in [4.78, 5) is 27.1. The number of amides is 2. The molecule has 4 rings (SSSR count). The number of anilines is 2. The van der Waals surface area contributed by atoms with E-state index in [1.54, 1.807) is 36.4 Å². The van der Waals surface area contributed by atoms with Crippen LogP contribution in [0, 0.1) is 5.92 Å². The number of likely N-dealkylation sites (N-methyl/N-ethyl adjacent to an activating group) is 1. The summed E-state index contributed by atoms with van der Waals surface area (Å²) >= 11 is 5.84. The van der Waals surface area contributed by atoms with E-state index in [0.29, 0.717) is 17.1 Å². The van der Waals surface area contributed by atoms with Gasteiger partial charge in [-0.1, -0.05) is 18.0 Å². The Morgan fingerprint density at radius 3 is 2.47 bits per heavy atom. The van der Waals surface area contributed by atoms with Crippen molar-refractivity contribution < 1.29 is 18.0 Å². The summed E-state index contributed by atoms with van der Waals surface area (Å²) in [6.07, 6.45) is 3.54. The van der Waals surface area contributed by atoms with Crippen molar-refractivity contribution in [2.45, 2.75) is 43.5 Å². The number of sulfonamides is 1. The van der Waals surface area contributed by atoms with E-state index in [1.807, 2.05) is 11.8 Å². The summed E-state index contributed by atoms with van der Waals surface area (Å²) in [5.41, 5.74) is 2.16. The van der Waals surface area contributed by atoms with Gasteiger partial charge in [-0.15, -0.1) is 0 Å². The van der Waals surface area contributed by atoms with Crippen LogP contribution in [0.1, 0.15) is 31.7 Å². The number of carbonyl (C=O) groups is 2. The topological polar surface area (TPSA) is 86.8 Å². The van der Waals surface area contributed by atoms with Crippen molar-refractivity contribution in [2.24, 2.45) is 5.92 Å². The number of nitrogens with zero attached hydrogens (tertiary/aromatic N) is 2. The normalized spacial score (nSPS) is 18.4. The average Bonchev–Trinajstić information content (AvgIpc) is 3.03. The predicted octanol–water partition coefficient (Wildman–Crippen LogP) is 3.68. The third kappa shape index (κ3) is 4.40. The van der Waals surface area contributed by atoms with Gasteiger partial charge in [0.05, 0.1) is 11.4 Å². The summed E-state index contributed by atoms with van der Waals surface area (Å²) in [5, 5.41) is 3.21. The van der Waals surface area contributed by atoms with Crippen molar-refractivity contribution in [1.29, 1.82) is 0 Å². The Bertz CT molecular complexity index is 1150. The molecule has 7 nitrogen and oxygen atoms in total. The van der Waals surface area contributed by atoms with Gasteiger partial charge in [-0.2, -0.15) is 4.31 Å². The fourth-order valence-electron chi connectivity index (χ4n) is 4.16. The van der Waals surface area contributed by atoms with Crippen LogP contribution in [0.4, 0.5) is 11.4 Å². The van der Waals surface area contributed by atoms with E-state index >= 15 is 0 Å². The zero-order chi connectivity index (χ0) is 23.0. The number of fused-ring (bicyclic) bond motifs is 1. The highest BCUT2D eigenvalue weighted by molar-refractivity contribution is 7.89. The van der Waals surface area contributed by atoms with Crippen LogP contribution >= 0.6 is 11.6 Å². The van der Waals surface area contributed by atoms with Crippen LogP contribution in [0.5, 0.6) is 0 Å². The monoisotopic (exact) mass is 475 g/mol. The maximum absolute atomic E-state index is 13.1. The van der Waals surface area contributed by atoms with Crippen molar-refractivity contribution in [3.8, 4) is 0 Å². The first-order valence-electron chi connectivity index (χ1n) is 10.6. The highest BCUT2D eigenvalue weighted by Gasteiger charge is 2.37. The van der Waals surface area contributed by atoms with E-state index in [1.165, 1.54) is 13.1 Å². The molecule has 2 aromatic rings. The molecule has 1 heterocycles. The molecule has 0 aromatic heterocycles. The summed E-state index contributed by atoms with van der Waals surface area (Å²) in [6.45, 7) is 1.66. The molecule has 170 valence electrons. The minimum atomic E-state index is -3.87. The summed E-state index contributed by atoms with van der Waals surface area (Å²) in [5.74, 6) is -0.239. The van der Waals surface area contributed by atoms with Crippen molar-refractivity contribution in [1.82, 2.24) is 4.31 Å². The fourth-order valence-corrected chi connectivity index (χ4v) is 5.46. The van der Waals surface area contributed by atoms with E-state index in [9.17, 15) is 18.0 Å². The molecule has 2 aliphatic rings. The molecular weight excluding hydrogens is 450 g/mol. The summed E-state index contributed by atoms with van der Waals surface area (Å²) in [7, 11) is -2.50. The average molecular weight is 476 g/mol. The van der Waals surface area contributed by atoms with Crippen LogP contribution in [-0.4, -0.2) is 44.2 Å². The number of benzene rings is 2. The highest BCUT2D eigenvalue weighted by atomic mass is 35.5. The SMILES string of the molecule is C[C@@H]1Cc2cc(S(=O)(=O)N(C)CC(=O)Nc3ccc(Cl)cc3)ccc2N1C(=O)C1CCC1. The van der Waals surface area contributed by atoms with E-state index in [-0.39, 0.29) is 29.3 Å². The standard InChI is InChI=1S/C23H26ClN3O4S/c1-15-12-17-13-20(10-11-21(17)27(15)23(29)16-4-3-5-16)32(30,31)26(2)14-22(28)25-19-8-6-18(24)7-9-19/h6-11,13,15-16H,3-5,12,14H2,1-2H3,(H,25,28)/t15-/m1/s1. The van der Waals surface area contributed by atoms with Gasteiger partial charge in [-0.25, -0.2) is 8.42 Å². The predicted molar refractivity (Wildman–Crippen MR) is 124 cm³/mol. The van der Waals surface area contributed by atoms with Gasteiger partial charge in [0, 0.05) is 35.4 Å². The molecule has 2 aromatic carbocycles. The Hall–Kier alpha value is -2.42. The van der Waals surface area contributed by atoms with Gasteiger partial charge in [-0.05, 0) is 74.2 Å². The lowest BCUT2D eigenvalue weighted by Gasteiger charge is -2.32. The second-order valence-corrected chi connectivity index (χ2v) is 11.0. The zero-order valence-corrected chi connectivity index (χ0v) is 19.6. The van der Waals surface area contributed by atoms with Gasteiger partial charge < -0.3 is 10.2 Å². The van der Waals surface area contributed by atoms with Crippen LogP contribution in [0.3, 0.4) is 0 Å². The number of rotatable bonds is 6. The van der Waals surface area contributed by atoms with Gasteiger partial charge in [0.25, 0.3) is 0 Å². The molecule has 0 spiro atoms. The Morgan fingerprint density at radius 2 is 1.84 bits per heavy atom. The minimum absolute atomic E-state index is 0.000984. The molecule has 9 heteroatoms. The van der Waals surface area contributed by atoms with Gasteiger partial charge in [0.2, 0.25) is 21.8 Å². The third-order valence-electron chi connectivity index (χ3n) is 6.16. The maximum atomic E-state index is 13.1. The number of nitrogens with one attached hydrogen (secondary N) is 1. The van der Waals surface area contributed by atoms with Crippen molar-refractivity contribution in [3.63, 3.8) is 0 Å². The Labute approximate surface area is 193 Å². The number of hydrogen-bond acceptors (Lipinski definition) is 4. The van der Waals surface area contributed by atoms with Crippen molar-refractivity contribution >= 4 is 44.8 Å². The minimum Gasteiger partial charge on any atom is -0.325 e. The fraction of sp³-hybridized carbons (Fsp3) is 0.391. The summed E-state index contributed by atoms with van der Waals surface area (Å²) in [6, 6.07) is 11.4.